The van der Waals surface area contributed by atoms with Crippen LogP contribution in [0.1, 0.15) is 24.2 Å². The molecule has 0 saturated carbocycles. The van der Waals surface area contributed by atoms with Crippen molar-refractivity contribution in [1.82, 2.24) is 20.0 Å². The first-order chi connectivity index (χ1) is 13.5. The third kappa shape index (κ3) is 3.31. The lowest BCUT2D eigenvalue weighted by molar-refractivity contribution is -0.122. The molecule has 1 aliphatic heterocycles. The Balaban J connectivity index is 1.54. The van der Waals surface area contributed by atoms with Crippen molar-refractivity contribution in [2.75, 3.05) is 19.7 Å². The summed E-state index contributed by atoms with van der Waals surface area (Å²) >= 11 is 0. The van der Waals surface area contributed by atoms with Crippen LogP contribution in [0.4, 0.5) is 4.79 Å². The molecule has 1 fully saturated rings. The molecule has 1 aliphatic rings. The van der Waals surface area contributed by atoms with Crippen molar-refractivity contribution in [1.29, 1.82) is 0 Å². The van der Waals surface area contributed by atoms with Gasteiger partial charge in [0.1, 0.15) is 13.2 Å². The average Bonchev–Trinajstić information content (AvgIpc) is 3.27. The van der Waals surface area contributed by atoms with Crippen molar-refractivity contribution in [2.24, 2.45) is 0 Å². The van der Waals surface area contributed by atoms with Crippen LogP contribution in [0, 0.1) is 6.92 Å². The minimum Gasteiger partial charge on any atom is -0.448 e. The molecule has 1 atom stereocenters. The van der Waals surface area contributed by atoms with E-state index in [0.717, 1.165) is 27.7 Å². The Morgan fingerprint density at radius 3 is 2.82 bits per heavy atom. The Bertz CT molecular complexity index is 1040. The Morgan fingerprint density at radius 1 is 1.25 bits per heavy atom. The molecule has 28 heavy (non-hydrogen) atoms. The van der Waals surface area contributed by atoms with Gasteiger partial charge in [-0.3, -0.25) is 9.69 Å². The van der Waals surface area contributed by atoms with Gasteiger partial charge in [-0.05, 0) is 25.3 Å². The SMILES string of the molecule is Cc1c([C@H](C)NC(=O)CN2CCOC2=O)cnn1-c1cccc2ccccc12. The molecule has 0 aliphatic carbocycles. The number of rotatable bonds is 5. The van der Waals surface area contributed by atoms with Gasteiger partial charge >= 0.3 is 6.09 Å². The number of carbonyl (C=O) groups excluding carboxylic acids is 2. The van der Waals surface area contributed by atoms with Gasteiger partial charge < -0.3 is 10.1 Å². The van der Waals surface area contributed by atoms with Gasteiger partial charge in [0.25, 0.3) is 0 Å². The van der Waals surface area contributed by atoms with Crippen LogP contribution in [0.15, 0.2) is 48.7 Å². The van der Waals surface area contributed by atoms with Gasteiger partial charge in [-0.2, -0.15) is 5.10 Å². The number of nitrogens with zero attached hydrogens (tertiary/aromatic N) is 3. The predicted octanol–water partition coefficient (Wildman–Crippen LogP) is 2.96. The van der Waals surface area contributed by atoms with Crippen molar-refractivity contribution in [3.05, 3.63) is 59.9 Å². The third-order valence-electron chi connectivity index (χ3n) is 5.07. The molecule has 2 heterocycles. The summed E-state index contributed by atoms with van der Waals surface area (Å²) in [6, 6.07) is 14.1. The molecule has 1 saturated heterocycles. The number of amides is 2. The van der Waals surface area contributed by atoms with E-state index in [1.807, 2.05) is 42.8 Å². The summed E-state index contributed by atoms with van der Waals surface area (Å²) in [5.41, 5.74) is 2.90. The highest BCUT2D eigenvalue weighted by molar-refractivity contribution is 5.90. The molecule has 0 radical (unpaired) electrons. The first-order valence-corrected chi connectivity index (χ1v) is 9.28. The van der Waals surface area contributed by atoms with E-state index < -0.39 is 6.09 Å². The number of benzene rings is 2. The molecule has 0 bridgehead atoms. The summed E-state index contributed by atoms with van der Waals surface area (Å²) in [6.07, 6.45) is 1.34. The molecule has 1 aromatic heterocycles. The number of fused-ring (bicyclic) bond motifs is 1. The number of cyclic esters (lactones) is 1. The van der Waals surface area contributed by atoms with E-state index in [2.05, 4.69) is 28.6 Å². The first kappa shape index (κ1) is 18.0. The van der Waals surface area contributed by atoms with Crippen molar-refractivity contribution < 1.29 is 14.3 Å². The second kappa shape index (κ2) is 7.34. The molecule has 7 heteroatoms. The molecular formula is C21H22N4O3. The van der Waals surface area contributed by atoms with Crippen molar-refractivity contribution in [3.8, 4) is 5.69 Å². The van der Waals surface area contributed by atoms with E-state index in [9.17, 15) is 9.59 Å². The van der Waals surface area contributed by atoms with Crippen molar-refractivity contribution >= 4 is 22.8 Å². The summed E-state index contributed by atoms with van der Waals surface area (Å²) in [5, 5.41) is 9.77. The fraction of sp³-hybridized carbons (Fsp3) is 0.286. The molecule has 0 unspecified atom stereocenters. The molecule has 2 aromatic carbocycles. The predicted molar refractivity (Wildman–Crippen MR) is 105 cm³/mol. The van der Waals surface area contributed by atoms with Gasteiger partial charge in [0.05, 0.1) is 24.5 Å². The van der Waals surface area contributed by atoms with E-state index in [1.165, 1.54) is 4.90 Å². The molecule has 2 amide bonds. The van der Waals surface area contributed by atoms with Crippen LogP contribution in [0.3, 0.4) is 0 Å². The number of carbonyl (C=O) groups is 2. The minimum absolute atomic E-state index is 0.000317. The Hall–Kier alpha value is -3.35. The second-order valence-electron chi connectivity index (χ2n) is 6.92. The number of aromatic nitrogens is 2. The minimum atomic E-state index is -0.442. The summed E-state index contributed by atoms with van der Waals surface area (Å²) < 4.78 is 6.76. The summed E-state index contributed by atoms with van der Waals surface area (Å²) in [4.78, 5) is 25.2. The lowest BCUT2D eigenvalue weighted by atomic mass is 10.1. The van der Waals surface area contributed by atoms with Gasteiger partial charge in [0.15, 0.2) is 0 Å². The van der Waals surface area contributed by atoms with Crippen molar-refractivity contribution in [3.63, 3.8) is 0 Å². The number of nitrogens with one attached hydrogen (secondary N) is 1. The summed E-state index contributed by atoms with van der Waals surface area (Å²) in [5.74, 6) is -0.219. The smallest absolute Gasteiger partial charge is 0.410 e. The molecule has 144 valence electrons. The highest BCUT2D eigenvalue weighted by atomic mass is 16.6. The maximum absolute atomic E-state index is 12.3. The number of hydrogen-bond acceptors (Lipinski definition) is 4. The van der Waals surface area contributed by atoms with Crippen LogP contribution in [-0.2, 0) is 9.53 Å². The van der Waals surface area contributed by atoms with E-state index in [4.69, 9.17) is 4.74 Å². The highest BCUT2D eigenvalue weighted by Crippen LogP contribution is 2.25. The summed E-state index contributed by atoms with van der Waals surface area (Å²) in [6.45, 7) is 4.68. The maximum Gasteiger partial charge on any atom is 0.410 e. The molecule has 4 rings (SSSR count). The van der Waals surface area contributed by atoms with Crippen LogP contribution in [0.5, 0.6) is 0 Å². The standard InChI is InChI=1S/C21H22N4O3/c1-14(23-20(26)13-24-10-11-28-21(24)27)18-12-22-25(15(18)2)19-9-5-7-16-6-3-4-8-17(16)19/h3-9,12,14H,10-11,13H2,1-2H3,(H,23,26)/t14-/m0/s1. The lowest BCUT2D eigenvalue weighted by Gasteiger charge is -2.17. The van der Waals surface area contributed by atoms with E-state index in [-0.39, 0.29) is 18.5 Å². The highest BCUT2D eigenvalue weighted by Gasteiger charge is 2.25. The second-order valence-corrected chi connectivity index (χ2v) is 6.92. The average molecular weight is 378 g/mol. The Morgan fingerprint density at radius 2 is 2.04 bits per heavy atom. The van der Waals surface area contributed by atoms with Crippen LogP contribution in [0.2, 0.25) is 0 Å². The van der Waals surface area contributed by atoms with E-state index in [0.29, 0.717) is 13.2 Å². The Labute approximate surface area is 162 Å². The van der Waals surface area contributed by atoms with Gasteiger partial charge in [-0.15, -0.1) is 0 Å². The monoisotopic (exact) mass is 378 g/mol. The van der Waals surface area contributed by atoms with Gasteiger partial charge in [-0.25, -0.2) is 9.48 Å². The van der Waals surface area contributed by atoms with Crippen LogP contribution >= 0.6 is 0 Å². The van der Waals surface area contributed by atoms with Crippen LogP contribution < -0.4 is 5.32 Å². The maximum atomic E-state index is 12.3. The zero-order chi connectivity index (χ0) is 19.7. The topological polar surface area (TPSA) is 76.5 Å². The van der Waals surface area contributed by atoms with Gasteiger partial charge in [0, 0.05) is 16.6 Å². The van der Waals surface area contributed by atoms with Gasteiger partial charge in [-0.1, -0.05) is 36.4 Å². The normalized spacial score (nSPS) is 14.9. The first-order valence-electron chi connectivity index (χ1n) is 9.28. The third-order valence-corrected chi connectivity index (χ3v) is 5.07. The van der Waals surface area contributed by atoms with Gasteiger partial charge in [0.2, 0.25) is 5.91 Å². The molecule has 1 N–H and O–H groups in total. The quantitative estimate of drug-likeness (QED) is 0.741. The summed E-state index contributed by atoms with van der Waals surface area (Å²) in [7, 11) is 0. The largest absolute Gasteiger partial charge is 0.448 e. The van der Waals surface area contributed by atoms with Crippen molar-refractivity contribution in [2.45, 2.75) is 19.9 Å². The fourth-order valence-electron chi connectivity index (χ4n) is 3.59. The molecule has 7 nitrogen and oxygen atoms in total. The fourth-order valence-corrected chi connectivity index (χ4v) is 3.59. The lowest BCUT2D eigenvalue weighted by Crippen LogP contribution is -2.38. The van der Waals surface area contributed by atoms with Crippen LogP contribution in [0.25, 0.3) is 16.5 Å². The Kier molecular flexibility index (Phi) is 4.73. The molecular weight excluding hydrogens is 356 g/mol. The zero-order valence-electron chi connectivity index (χ0n) is 15.9. The molecule has 3 aromatic rings. The van der Waals surface area contributed by atoms with Crippen LogP contribution in [-0.4, -0.2) is 46.4 Å². The van der Waals surface area contributed by atoms with E-state index in [1.54, 1.807) is 6.20 Å². The number of ether oxygens (including phenoxy) is 1. The zero-order valence-corrected chi connectivity index (χ0v) is 15.9. The molecule has 0 spiro atoms. The van der Waals surface area contributed by atoms with E-state index >= 15 is 0 Å². The number of hydrogen-bond donors (Lipinski definition) is 1.